The normalized spacial score (nSPS) is 11.9. The smallest absolute Gasteiger partial charge is 0.261 e. The zero-order valence-corrected chi connectivity index (χ0v) is 10.0. The number of nitrogens with zero attached hydrogens (tertiary/aromatic N) is 1. The van der Waals surface area contributed by atoms with Crippen LogP contribution in [0.15, 0.2) is 29.2 Å². The number of hydrogen-bond acceptors (Lipinski definition) is 4. The van der Waals surface area contributed by atoms with Gasteiger partial charge in [-0.15, -0.1) is 0 Å². The van der Waals surface area contributed by atoms with Gasteiger partial charge in [0.25, 0.3) is 9.05 Å². The molecule has 0 spiro atoms. The molecule has 2 rings (SSSR count). The van der Waals surface area contributed by atoms with Gasteiger partial charge in [-0.1, -0.05) is 11.6 Å². The summed E-state index contributed by atoms with van der Waals surface area (Å²) in [5.41, 5.74) is 0.106. The van der Waals surface area contributed by atoms with Crippen LogP contribution in [0.1, 0.15) is 0 Å². The van der Waals surface area contributed by atoms with Gasteiger partial charge < -0.3 is 5.11 Å². The number of aromatic hydroxyl groups is 1. The fraction of sp³-hybridized carbons (Fsp3) is 0. The van der Waals surface area contributed by atoms with Crippen LogP contribution < -0.4 is 0 Å². The second-order valence-electron chi connectivity index (χ2n) is 3.05. The van der Waals surface area contributed by atoms with Crippen molar-refractivity contribution in [2.45, 2.75) is 4.90 Å². The molecule has 2 aromatic rings. The highest BCUT2D eigenvalue weighted by Crippen LogP contribution is 2.31. The van der Waals surface area contributed by atoms with E-state index in [-0.39, 0.29) is 26.7 Å². The predicted octanol–water partition coefficient (Wildman–Crippen LogP) is 2.52. The molecular weight excluding hydrogens is 273 g/mol. The second kappa shape index (κ2) is 3.76. The maximum absolute atomic E-state index is 11.3. The van der Waals surface area contributed by atoms with Crippen molar-refractivity contribution in [2.75, 3.05) is 0 Å². The summed E-state index contributed by atoms with van der Waals surface area (Å²) in [5, 5.41) is 9.92. The van der Waals surface area contributed by atoms with Crippen LogP contribution in [0.5, 0.6) is 5.75 Å². The van der Waals surface area contributed by atoms with Crippen LogP contribution in [0.25, 0.3) is 10.9 Å². The highest BCUT2D eigenvalue weighted by Gasteiger charge is 2.16. The van der Waals surface area contributed by atoms with Crippen LogP contribution in [-0.2, 0) is 9.05 Å². The van der Waals surface area contributed by atoms with Gasteiger partial charge in [0.2, 0.25) is 0 Å². The molecule has 0 saturated carbocycles. The molecule has 0 bridgehead atoms. The van der Waals surface area contributed by atoms with Gasteiger partial charge in [-0.3, -0.25) is 0 Å². The lowest BCUT2D eigenvalue weighted by Crippen LogP contribution is -1.93. The predicted molar refractivity (Wildman–Crippen MR) is 61.5 cm³/mol. The number of fused-ring (bicyclic) bond motifs is 1. The largest absolute Gasteiger partial charge is 0.506 e. The molecule has 0 radical (unpaired) electrons. The maximum Gasteiger partial charge on any atom is 0.261 e. The number of aromatic nitrogens is 1. The number of rotatable bonds is 1. The van der Waals surface area contributed by atoms with Gasteiger partial charge in [-0.25, -0.2) is 13.4 Å². The summed E-state index contributed by atoms with van der Waals surface area (Å²) in [4.78, 5) is 3.74. The Kier molecular flexibility index (Phi) is 2.69. The summed E-state index contributed by atoms with van der Waals surface area (Å²) in [5.74, 6) is -0.151. The summed E-state index contributed by atoms with van der Waals surface area (Å²) < 4.78 is 22.5. The minimum absolute atomic E-state index is 0.105. The van der Waals surface area contributed by atoms with E-state index in [9.17, 15) is 13.5 Å². The summed E-state index contributed by atoms with van der Waals surface area (Å²) in [6, 6.07) is 5.30. The van der Waals surface area contributed by atoms with Crippen molar-refractivity contribution in [3.63, 3.8) is 0 Å². The molecule has 0 aliphatic carbocycles. The topological polar surface area (TPSA) is 67.3 Å². The average molecular weight is 278 g/mol. The third-order valence-corrected chi connectivity index (χ3v) is 3.62. The molecule has 1 heterocycles. The van der Waals surface area contributed by atoms with Gasteiger partial charge in [0.15, 0.2) is 0 Å². The summed E-state index contributed by atoms with van der Waals surface area (Å²) in [7, 11) is 1.38. The minimum Gasteiger partial charge on any atom is -0.506 e. The van der Waals surface area contributed by atoms with Crippen molar-refractivity contribution in [1.82, 2.24) is 4.98 Å². The number of pyridine rings is 1. The van der Waals surface area contributed by atoms with Gasteiger partial charge in [0.05, 0.1) is 4.90 Å². The molecule has 4 nitrogen and oxygen atoms in total. The molecular formula is C9H5Cl2NO3S. The first-order valence-electron chi connectivity index (χ1n) is 4.12. The van der Waals surface area contributed by atoms with Crippen LogP contribution in [0.2, 0.25) is 5.15 Å². The summed E-state index contributed by atoms with van der Waals surface area (Å²) in [6.45, 7) is 0. The number of phenolic OH excluding ortho intramolecular Hbond substituents is 1. The highest BCUT2D eigenvalue weighted by atomic mass is 35.7. The van der Waals surface area contributed by atoms with Crippen LogP contribution in [0.4, 0.5) is 0 Å². The molecule has 0 unspecified atom stereocenters. The molecule has 0 aliphatic rings. The Balaban J connectivity index is 2.96. The third-order valence-electron chi connectivity index (χ3n) is 2.02. The average Bonchev–Trinajstić information content (AvgIpc) is 2.17. The van der Waals surface area contributed by atoms with E-state index in [1.54, 1.807) is 0 Å². The number of hydrogen-bond donors (Lipinski definition) is 1. The van der Waals surface area contributed by atoms with Gasteiger partial charge in [0, 0.05) is 16.1 Å². The van der Waals surface area contributed by atoms with Crippen LogP contribution in [0.3, 0.4) is 0 Å². The first-order chi connectivity index (χ1) is 7.39. The lowest BCUT2D eigenvalue weighted by Gasteiger charge is -2.04. The lowest BCUT2D eigenvalue weighted by atomic mass is 10.2. The molecule has 0 saturated heterocycles. The van der Waals surface area contributed by atoms with Crippen LogP contribution >= 0.6 is 22.3 Å². The molecule has 1 N–H and O–H groups in total. The van der Waals surface area contributed by atoms with Crippen LogP contribution in [0, 0.1) is 0 Å². The molecule has 1 aromatic carbocycles. The SMILES string of the molecule is O=S(=O)(Cl)c1ccc(O)c2nc(Cl)ccc12. The van der Waals surface area contributed by atoms with Gasteiger partial charge in [-0.05, 0) is 24.3 Å². The Morgan fingerprint density at radius 2 is 1.88 bits per heavy atom. The van der Waals surface area contributed by atoms with E-state index < -0.39 is 9.05 Å². The Labute approximate surface area is 101 Å². The molecule has 0 aliphatic heterocycles. The van der Waals surface area contributed by atoms with Crippen LogP contribution in [-0.4, -0.2) is 18.5 Å². The van der Waals surface area contributed by atoms with Gasteiger partial charge in [-0.2, -0.15) is 0 Å². The molecule has 84 valence electrons. The van der Waals surface area contributed by atoms with E-state index in [4.69, 9.17) is 22.3 Å². The number of benzene rings is 1. The van der Waals surface area contributed by atoms with Crippen molar-refractivity contribution < 1.29 is 13.5 Å². The van der Waals surface area contributed by atoms with Gasteiger partial charge in [0.1, 0.15) is 16.4 Å². The van der Waals surface area contributed by atoms with E-state index in [1.807, 2.05) is 0 Å². The zero-order chi connectivity index (χ0) is 11.9. The Morgan fingerprint density at radius 1 is 1.19 bits per heavy atom. The van der Waals surface area contributed by atoms with E-state index in [1.165, 1.54) is 24.3 Å². The number of phenols is 1. The Morgan fingerprint density at radius 3 is 2.50 bits per heavy atom. The molecule has 1 aromatic heterocycles. The van der Waals surface area contributed by atoms with E-state index in [0.717, 1.165) is 0 Å². The van der Waals surface area contributed by atoms with Crippen molar-refractivity contribution in [1.29, 1.82) is 0 Å². The second-order valence-corrected chi connectivity index (χ2v) is 5.97. The first kappa shape index (κ1) is 11.4. The fourth-order valence-corrected chi connectivity index (χ4v) is 2.57. The van der Waals surface area contributed by atoms with E-state index in [0.29, 0.717) is 0 Å². The minimum atomic E-state index is -3.88. The molecule has 0 atom stereocenters. The molecule has 7 heteroatoms. The quantitative estimate of drug-likeness (QED) is 0.643. The zero-order valence-electron chi connectivity index (χ0n) is 7.68. The molecule has 0 fully saturated rings. The van der Waals surface area contributed by atoms with E-state index in [2.05, 4.69) is 4.98 Å². The lowest BCUT2D eigenvalue weighted by molar-refractivity contribution is 0.480. The van der Waals surface area contributed by atoms with E-state index >= 15 is 0 Å². The van der Waals surface area contributed by atoms with Crippen molar-refractivity contribution in [2.24, 2.45) is 0 Å². The Bertz CT molecular complexity index is 670. The number of halogens is 2. The van der Waals surface area contributed by atoms with Crippen molar-refractivity contribution >= 4 is 42.2 Å². The third kappa shape index (κ3) is 1.93. The highest BCUT2D eigenvalue weighted by molar-refractivity contribution is 8.14. The summed E-state index contributed by atoms with van der Waals surface area (Å²) in [6.07, 6.45) is 0. The molecule has 16 heavy (non-hydrogen) atoms. The fourth-order valence-electron chi connectivity index (χ4n) is 1.37. The Hall–Kier alpha value is -1.04. The monoisotopic (exact) mass is 277 g/mol. The standard InChI is InChI=1S/C9H5Cl2NO3S/c10-8-4-1-5-7(16(11,14)15)3-2-6(13)9(5)12-8/h1-4,13H. The van der Waals surface area contributed by atoms with Gasteiger partial charge >= 0.3 is 0 Å². The summed E-state index contributed by atoms with van der Waals surface area (Å²) >= 11 is 5.65. The van der Waals surface area contributed by atoms with Crippen molar-refractivity contribution in [3.05, 3.63) is 29.4 Å². The van der Waals surface area contributed by atoms with Crippen molar-refractivity contribution in [3.8, 4) is 5.75 Å². The molecule has 0 amide bonds. The maximum atomic E-state index is 11.3. The first-order valence-corrected chi connectivity index (χ1v) is 6.81.